The zero-order chi connectivity index (χ0) is 31.3. The van der Waals surface area contributed by atoms with Crippen molar-refractivity contribution < 1.29 is 22.7 Å². The number of nitrogens with zero attached hydrogens (tertiary/aromatic N) is 2. The van der Waals surface area contributed by atoms with Gasteiger partial charge in [-0.15, -0.1) is 0 Å². The van der Waals surface area contributed by atoms with Crippen LogP contribution in [0.1, 0.15) is 27.0 Å². The Morgan fingerprint density at radius 3 is 1.86 bits per heavy atom. The molecule has 11 heteroatoms. The van der Waals surface area contributed by atoms with E-state index in [1.807, 2.05) is 43.3 Å². The van der Waals surface area contributed by atoms with Crippen molar-refractivity contribution in [3.63, 3.8) is 0 Å². The molecule has 3 rings (SSSR count). The molecule has 224 valence electrons. The second kappa shape index (κ2) is 16.7. The van der Waals surface area contributed by atoms with E-state index in [2.05, 4.69) is 18.5 Å². The van der Waals surface area contributed by atoms with Crippen LogP contribution >= 0.6 is 23.2 Å². The van der Waals surface area contributed by atoms with Gasteiger partial charge in [-0.1, -0.05) is 78.8 Å². The van der Waals surface area contributed by atoms with Crippen molar-refractivity contribution >= 4 is 44.8 Å². The first-order valence-electron chi connectivity index (χ1n) is 12.7. The molecule has 7 nitrogen and oxygen atoms in total. The molecule has 0 heterocycles. The predicted molar refractivity (Wildman–Crippen MR) is 170 cm³/mol. The highest BCUT2D eigenvalue weighted by atomic mass is 35.5. The molecule has 3 aromatic rings. The Bertz CT molecular complexity index is 1460. The van der Waals surface area contributed by atoms with E-state index in [1.165, 1.54) is 22.5 Å². The van der Waals surface area contributed by atoms with E-state index in [9.17, 15) is 17.6 Å². The van der Waals surface area contributed by atoms with Gasteiger partial charge in [-0.2, -0.15) is 4.31 Å². The third-order valence-corrected chi connectivity index (χ3v) is 7.91. The smallest absolute Gasteiger partial charge is 0.251 e. The average molecular weight is 635 g/mol. The predicted octanol–water partition coefficient (Wildman–Crippen LogP) is 6.72. The number of nitrogens with one attached hydrogen (secondary N) is 1. The molecule has 3 aromatic carbocycles. The van der Waals surface area contributed by atoms with Crippen LogP contribution in [-0.2, 0) is 29.7 Å². The van der Waals surface area contributed by atoms with Crippen LogP contribution in [0.3, 0.4) is 0 Å². The van der Waals surface area contributed by atoms with Crippen LogP contribution in [0.4, 0.5) is 10.1 Å². The van der Waals surface area contributed by atoms with Crippen LogP contribution in [0.5, 0.6) is 0 Å². The van der Waals surface area contributed by atoms with Crippen molar-refractivity contribution in [1.82, 2.24) is 9.62 Å². The summed E-state index contributed by atoms with van der Waals surface area (Å²) in [5.41, 5.74) is 5.07. The molecule has 0 atom stereocenters. The van der Waals surface area contributed by atoms with Crippen LogP contribution in [0.15, 0.2) is 108 Å². The van der Waals surface area contributed by atoms with E-state index in [0.717, 1.165) is 16.8 Å². The first-order valence-corrected chi connectivity index (χ1v) is 15.1. The molecule has 0 spiro atoms. The van der Waals surface area contributed by atoms with Crippen molar-refractivity contribution in [3.05, 3.63) is 136 Å². The molecule has 0 fully saturated rings. The number of aliphatic hydroxyl groups excluding tert-OH is 1. The molecule has 0 aliphatic carbocycles. The largest absolute Gasteiger partial charge is 0.507 e. The number of sulfonamides is 1. The minimum absolute atomic E-state index is 0.0770. The van der Waals surface area contributed by atoms with Gasteiger partial charge in [-0.25, -0.2) is 12.8 Å². The number of hydrogen-bond acceptors (Lipinski definition) is 5. The monoisotopic (exact) mass is 633 g/mol. The quantitative estimate of drug-likeness (QED) is 0.171. The average Bonchev–Trinajstić information content (AvgIpc) is 2.96. The van der Waals surface area contributed by atoms with E-state index in [1.54, 1.807) is 36.4 Å². The Morgan fingerprint density at radius 1 is 0.929 bits per heavy atom. The van der Waals surface area contributed by atoms with E-state index >= 15 is 0 Å². The van der Waals surface area contributed by atoms with Crippen molar-refractivity contribution in [2.75, 3.05) is 24.7 Å². The zero-order valence-electron chi connectivity index (χ0n) is 23.4. The fourth-order valence-corrected chi connectivity index (χ4v) is 4.91. The number of allylic oxidation sites excluding steroid dienone is 1. The maximum Gasteiger partial charge on any atom is 0.251 e. The van der Waals surface area contributed by atoms with E-state index in [0.29, 0.717) is 23.2 Å². The summed E-state index contributed by atoms with van der Waals surface area (Å²) >= 11 is 10.6. The van der Waals surface area contributed by atoms with Gasteiger partial charge in [0.05, 0.1) is 10.8 Å². The minimum atomic E-state index is -3.68. The Balaban J connectivity index is 0.000000928. The van der Waals surface area contributed by atoms with Gasteiger partial charge in [0.2, 0.25) is 10.0 Å². The highest BCUT2D eigenvalue weighted by molar-refractivity contribution is 7.89. The first kappa shape index (κ1) is 34.6. The van der Waals surface area contributed by atoms with Gasteiger partial charge < -0.3 is 15.3 Å². The summed E-state index contributed by atoms with van der Waals surface area (Å²) in [6.45, 7) is 6.81. The molecule has 0 bridgehead atoms. The Labute approximate surface area is 257 Å². The lowest BCUT2D eigenvalue weighted by Crippen LogP contribution is -2.31. The molecule has 42 heavy (non-hydrogen) atoms. The number of amides is 1. The Morgan fingerprint density at radius 2 is 1.40 bits per heavy atom. The van der Waals surface area contributed by atoms with Crippen molar-refractivity contribution in [3.8, 4) is 0 Å². The molecule has 2 N–H and O–H groups in total. The highest BCUT2D eigenvalue weighted by Gasteiger charge is 2.22. The molecule has 0 saturated carbocycles. The highest BCUT2D eigenvalue weighted by Crippen LogP contribution is 2.17. The van der Waals surface area contributed by atoms with Crippen LogP contribution < -0.4 is 10.2 Å². The van der Waals surface area contributed by atoms with E-state index in [4.69, 9.17) is 28.3 Å². The summed E-state index contributed by atoms with van der Waals surface area (Å²) in [6.07, 6.45) is 1.36. The summed E-state index contributed by atoms with van der Waals surface area (Å²) in [5.74, 6) is -1.04. The number of hydrogen-bond donors (Lipinski definition) is 2. The van der Waals surface area contributed by atoms with Gasteiger partial charge in [0.25, 0.3) is 5.91 Å². The van der Waals surface area contributed by atoms with Crippen LogP contribution in [0.2, 0.25) is 0 Å². The zero-order valence-corrected chi connectivity index (χ0v) is 25.8. The number of carbonyl (C=O) groups is 1. The van der Waals surface area contributed by atoms with Gasteiger partial charge in [0.1, 0.15) is 11.6 Å². The number of carbonyl (C=O) groups excluding carboxylic acids is 1. The molecule has 0 aliphatic rings. The summed E-state index contributed by atoms with van der Waals surface area (Å²) in [4.78, 5) is 14.6. The van der Waals surface area contributed by atoms with Crippen molar-refractivity contribution in [1.29, 1.82) is 0 Å². The maximum absolute atomic E-state index is 13.3. The third-order valence-electron chi connectivity index (χ3n) is 5.86. The molecule has 0 unspecified atom stereocenters. The molecule has 1 amide bonds. The first-order chi connectivity index (χ1) is 19.8. The summed E-state index contributed by atoms with van der Waals surface area (Å²) in [5, 5.41) is 11.2. The summed E-state index contributed by atoms with van der Waals surface area (Å²) in [6, 6.07) is 20.4. The van der Waals surface area contributed by atoms with Gasteiger partial charge in [-0.3, -0.25) is 4.79 Å². The molecule has 0 aliphatic heterocycles. The second-order valence-corrected chi connectivity index (χ2v) is 12.0. The fraction of sp³-hybridized carbons (Fsp3) is 0.194. The number of aliphatic hydroxyl groups is 1. The van der Waals surface area contributed by atoms with E-state index in [-0.39, 0.29) is 35.5 Å². The molecular formula is C31H34Cl2FN3O4S. The van der Waals surface area contributed by atoms with Gasteiger partial charge in [0.15, 0.2) is 0 Å². The Kier molecular flexibility index (Phi) is 13.8. The van der Waals surface area contributed by atoms with Crippen molar-refractivity contribution in [2.24, 2.45) is 0 Å². The summed E-state index contributed by atoms with van der Waals surface area (Å²) < 4.78 is 40.4. The fourth-order valence-electron chi connectivity index (χ4n) is 3.47. The normalized spacial score (nSPS) is 11.1. The van der Waals surface area contributed by atoms with E-state index < -0.39 is 15.8 Å². The number of rotatable bonds is 12. The lowest BCUT2D eigenvalue weighted by atomic mass is 10.1. The molecule has 0 aromatic heterocycles. The minimum Gasteiger partial charge on any atom is -0.507 e. The summed E-state index contributed by atoms with van der Waals surface area (Å²) in [7, 11) is 0.255. The number of anilines is 1. The number of halogens is 3. The lowest BCUT2D eigenvalue weighted by Gasteiger charge is -2.22. The van der Waals surface area contributed by atoms with Gasteiger partial charge in [-0.05, 0) is 53.1 Å². The standard InChI is InChI=1S/C27H29ClFN3O3S.C4H5ClO/c1-31(2)26-14-8-21(9-15-26)18-30-27(33)24-10-4-22(5-11-24)19-32(36(34,35)17-3-16-28)20-23-6-12-25(29)13-7-23;1-3(5)4(2)6/h3-16H,17-20H2,1-2H3,(H,30,33);6H,1-2H2/b16-3+;. The van der Waals surface area contributed by atoms with Crippen LogP contribution in [0, 0.1) is 5.82 Å². The molecule has 0 saturated heterocycles. The van der Waals surface area contributed by atoms with Crippen molar-refractivity contribution in [2.45, 2.75) is 19.6 Å². The maximum atomic E-state index is 13.3. The van der Waals surface area contributed by atoms with Crippen LogP contribution in [-0.4, -0.2) is 43.6 Å². The Hall–Kier alpha value is -3.63. The van der Waals surface area contributed by atoms with Gasteiger partial charge >= 0.3 is 0 Å². The second-order valence-electron chi connectivity index (χ2n) is 9.33. The molecular weight excluding hydrogens is 600 g/mol. The third kappa shape index (κ3) is 11.7. The SMILES string of the molecule is C=C(O)C(=C)Cl.CN(C)c1ccc(CNC(=O)c2ccc(CN(Cc3ccc(F)cc3)S(=O)(=O)C/C=C/Cl)cc2)cc1. The van der Waals surface area contributed by atoms with Crippen LogP contribution in [0.25, 0.3) is 0 Å². The number of benzene rings is 3. The van der Waals surface area contributed by atoms with Gasteiger partial charge in [0, 0.05) is 50.5 Å². The topological polar surface area (TPSA) is 89.9 Å². The lowest BCUT2D eigenvalue weighted by molar-refractivity contribution is 0.0951. The molecule has 0 radical (unpaired) electrons.